The second kappa shape index (κ2) is 8.99. The first-order chi connectivity index (χ1) is 14.2. The van der Waals surface area contributed by atoms with Gasteiger partial charge in [0.1, 0.15) is 16.8 Å². The lowest BCUT2D eigenvalue weighted by atomic mass is 10.2. The Labute approximate surface area is 183 Å². The fourth-order valence-electron chi connectivity index (χ4n) is 2.73. The van der Waals surface area contributed by atoms with E-state index in [1.54, 1.807) is 43.5 Å². The molecule has 0 radical (unpaired) electrons. The van der Waals surface area contributed by atoms with Gasteiger partial charge in [-0.1, -0.05) is 22.9 Å². The normalized spacial score (nSPS) is 12.3. The third-order valence-electron chi connectivity index (χ3n) is 4.16. The van der Waals surface area contributed by atoms with Crippen molar-refractivity contribution in [1.29, 1.82) is 0 Å². The highest BCUT2D eigenvalue weighted by atomic mass is 35.5. The third-order valence-corrected chi connectivity index (χ3v) is 6.54. The molecule has 0 aliphatic carbocycles. The molecular formula is C19H19ClN4O4S2. The number of amides is 1. The molecule has 3 aromatic rings. The number of rotatable bonds is 7. The van der Waals surface area contributed by atoms with Crippen LogP contribution >= 0.6 is 22.9 Å². The second-order valence-electron chi connectivity index (χ2n) is 6.34. The molecular weight excluding hydrogens is 448 g/mol. The molecule has 0 fully saturated rings. The van der Waals surface area contributed by atoms with Gasteiger partial charge < -0.3 is 4.74 Å². The van der Waals surface area contributed by atoms with E-state index in [0.717, 1.165) is 16.1 Å². The quantitative estimate of drug-likeness (QED) is 0.570. The summed E-state index contributed by atoms with van der Waals surface area (Å²) in [5.41, 5.74) is 1.15. The van der Waals surface area contributed by atoms with E-state index < -0.39 is 22.0 Å². The van der Waals surface area contributed by atoms with Crippen molar-refractivity contribution < 1.29 is 17.9 Å². The lowest BCUT2D eigenvalue weighted by Gasteiger charge is -2.27. The summed E-state index contributed by atoms with van der Waals surface area (Å²) in [5, 5.41) is 12.0. The molecule has 0 saturated heterocycles. The average Bonchev–Trinajstić information content (AvgIpc) is 3.17. The van der Waals surface area contributed by atoms with E-state index in [9.17, 15) is 13.2 Å². The molecule has 0 bridgehead atoms. The van der Waals surface area contributed by atoms with Crippen LogP contribution in [0.5, 0.6) is 5.75 Å². The monoisotopic (exact) mass is 466 g/mol. The number of aromatic nitrogens is 2. The van der Waals surface area contributed by atoms with Crippen LogP contribution in [0, 0.1) is 0 Å². The molecule has 8 nitrogen and oxygen atoms in total. The Hall–Kier alpha value is -2.69. The van der Waals surface area contributed by atoms with Crippen LogP contribution in [0.4, 0.5) is 10.8 Å². The van der Waals surface area contributed by atoms with Crippen LogP contribution < -0.4 is 14.4 Å². The topological polar surface area (TPSA) is 101 Å². The Kier molecular flexibility index (Phi) is 6.59. The Bertz CT molecular complexity index is 1130. The number of halogens is 1. The minimum absolute atomic E-state index is 0.266. The predicted molar refractivity (Wildman–Crippen MR) is 119 cm³/mol. The number of nitrogens with zero attached hydrogens (tertiary/aromatic N) is 3. The Morgan fingerprint density at radius 3 is 2.33 bits per heavy atom. The molecule has 11 heteroatoms. The van der Waals surface area contributed by atoms with E-state index in [1.165, 1.54) is 18.3 Å². The number of anilines is 2. The maximum Gasteiger partial charge on any atom is 0.249 e. The summed E-state index contributed by atoms with van der Waals surface area (Å²) in [6.45, 7) is 1.50. The van der Waals surface area contributed by atoms with Gasteiger partial charge in [-0.25, -0.2) is 8.42 Å². The summed E-state index contributed by atoms with van der Waals surface area (Å²) in [6.07, 6.45) is 1.04. The van der Waals surface area contributed by atoms with Crippen molar-refractivity contribution in [1.82, 2.24) is 10.2 Å². The maximum atomic E-state index is 12.7. The maximum absolute atomic E-state index is 12.7. The number of hydrogen-bond acceptors (Lipinski definition) is 7. The number of carbonyl (C=O) groups excluding carboxylic acids is 1. The van der Waals surface area contributed by atoms with Crippen molar-refractivity contribution in [3.8, 4) is 16.3 Å². The van der Waals surface area contributed by atoms with Crippen molar-refractivity contribution in [3.63, 3.8) is 0 Å². The van der Waals surface area contributed by atoms with E-state index in [-0.39, 0.29) is 5.13 Å². The Balaban J connectivity index is 1.78. The number of benzene rings is 2. The van der Waals surface area contributed by atoms with Crippen LogP contribution in [0.25, 0.3) is 10.6 Å². The molecule has 0 aliphatic heterocycles. The average molecular weight is 467 g/mol. The van der Waals surface area contributed by atoms with Gasteiger partial charge in [0.05, 0.1) is 19.1 Å². The highest BCUT2D eigenvalue weighted by Crippen LogP contribution is 2.28. The van der Waals surface area contributed by atoms with Gasteiger partial charge in [-0.15, -0.1) is 10.2 Å². The van der Waals surface area contributed by atoms with E-state index in [4.69, 9.17) is 16.3 Å². The molecule has 1 atom stereocenters. The molecule has 2 aromatic carbocycles. The number of carbonyl (C=O) groups is 1. The highest BCUT2D eigenvalue weighted by Gasteiger charge is 2.29. The van der Waals surface area contributed by atoms with Gasteiger partial charge in [0.15, 0.2) is 0 Å². The molecule has 0 aliphatic rings. The van der Waals surface area contributed by atoms with Gasteiger partial charge in [-0.05, 0) is 55.5 Å². The molecule has 30 heavy (non-hydrogen) atoms. The van der Waals surface area contributed by atoms with Gasteiger partial charge in [-0.3, -0.25) is 14.4 Å². The van der Waals surface area contributed by atoms with Crippen LogP contribution in [-0.2, 0) is 14.8 Å². The van der Waals surface area contributed by atoms with Crippen molar-refractivity contribution in [3.05, 3.63) is 53.6 Å². The van der Waals surface area contributed by atoms with Crippen LogP contribution in [-0.4, -0.2) is 43.9 Å². The van der Waals surface area contributed by atoms with Gasteiger partial charge in [0.25, 0.3) is 0 Å². The minimum atomic E-state index is -3.73. The highest BCUT2D eigenvalue weighted by molar-refractivity contribution is 7.92. The van der Waals surface area contributed by atoms with Gasteiger partial charge in [0, 0.05) is 10.6 Å². The molecule has 1 heterocycles. The third kappa shape index (κ3) is 5.07. The lowest BCUT2D eigenvalue weighted by molar-refractivity contribution is -0.116. The number of nitrogens with one attached hydrogen (secondary N) is 1. The second-order valence-corrected chi connectivity index (χ2v) is 9.61. The Morgan fingerprint density at radius 2 is 1.77 bits per heavy atom. The van der Waals surface area contributed by atoms with Gasteiger partial charge in [-0.2, -0.15) is 0 Å². The molecule has 158 valence electrons. The van der Waals surface area contributed by atoms with E-state index >= 15 is 0 Å². The first-order valence-electron chi connectivity index (χ1n) is 8.73. The summed E-state index contributed by atoms with van der Waals surface area (Å²) in [6, 6.07) is 12.4. The zero-order valence-corrected chi connectivity index (χ0v) is 18.8. The number of sulfonamides is 1. The smallest absolute Gasteiger partial charge is 0.249 e. The van der Waals surface area contributed by atoms with Crippen LogP contribution in [0.2, 0.25) is 5.02 Å². The van der Waals surface area contributed by atoms with E-state index in [2.05, 4.69) is 15.5 Å². The van der Waals surface area contributed by atoms with Gasteiger partial charge in [0.2, 0.25) is 21.1 Å². The summed E-state index contributed by atoms with van der Waals surface area (Å²) in [5.74, 6) is 0.182. The fourth-order valence-corrected chi connectivity index (χ4v) is 4.78. The Morgan fingerprint density at radius 1 is 1.13 bits per heavy atom. The van der Waals surface area contributed by atoms with E-state index in [0.29, 0.717) is 21.5 Å². The van der Waals surface area contributed by atoms with Crippen LogP contribution in [0.15, 0.2) is 48.5 Å². The van der Waals surface area contributed by atoms with E-state index in [1.807, 2.05) is 12.1 Å². The summed E-state index contributed by atoms with van der Waals surface area (Å²) >= 11 is 7.06. The van der Waals surface area contributed by atoms with Crippen LogP contribution in [0.1, 0.15) is 6.92 Å². The summed E-state index contributed by atoms with van der Waals surface area (Å²) < 4.78 is 30.8. The van der Waals surface area contributed by atoms with Crippen molar-refractivity contribution in [2.24, 2.45) is 0 Å². The molecule has 0 saturated carbocycles. The molecule has 1 aromatic heterocycles. The molecule has 3 rings (SSSR count). The standard InChI is InChI=1S/C19H19ClN4O4S2/c1-12(24(30(3,26)27)15-8-6-14(20)7-9-15)17(25)21-19-23-22-18(29-19)13-4-10-16(28-2)11-5-13/h4-12H,1-3H3,(H,21,23,25). The fraction of sp³-hybridized carbons (Fsp3) is 0.211. The SMILES string of the molecule is COc1ccc(-c2nnc(NC(=O)C(C)N(c3ccc(Cl)cc3)S(C)(=O)=O)s2)cc1. The first-order valence-corrected chi connectivity index (χ1v) is 11.8. The zero-order valence-electron chi connectivity index (χ0n) is 16.4. The van der Waals surface area contributed by atoms with Crippen molar-refractivity contribution in [2.75, 3.05) is 23.0 Å². The van der Waals surface area contributed by atoms with Crippen molar-refractivity contribution >= 4 is 49.7 Å². The molecule has 0 spiro atoms. The number of methoxy groups -OCH3 is 1. The summed E-state index contributed by atoms with van der Waals surface area (Å²) in [4.78, 5) is 12.7. The lowest BCUT2D eigenvalue weighted by Crippen LogP contribution is -2.45. The van der Waals surface area contributed by atoms with Gasteiger partial charge >= 0.3 is 0 Å². The number of ether oxygens (including phenoxy) is 1. The predicted octanol–water partition coefficient (Wildman–Crippen LogP) is 3.66. The largest absolute Gasteiger partial charge is 0.497 e. The van der Waals surface area contributed by atoms with Crippen LogP contribution in [0.3, 0.4) is 0 Å². The summed E-state index contributed by atoms with van der Waals surface area (Å²) in [7, 11) is -2.14. The molecule has 1 N–H and O–H groups in total. The molecule has 1 unspecified atom stereocenters. The molecule has 1 amide bonds. The first kappa shape index (κ1) is 22.0. The minimum Gasteiger partial charge on any atom is -0.497 e. The van der Waals surface area contributed by atoms with Crippen molar-refractivity contribution in [2.45, 2.75) is 13.0 Å². The number of hydrogen-bond donors (Lipinski definition) is 1. The zero-order chi connectivity index (χ0) is 21.9.